The Bertz CT molecular complexity index is 990. The quantitative estimate of drug-likeness (QED) is 0.620. The largest absolute Gasteiger partial charge is 0.497 e. The van der Waals surface area contributed by atoms with Gasteiger partial charge in [-0.1, -0.05) is 0 Å². The normalized spacial score (nSPS) is 13.8. The van der Waals surface area contributed by atoms with E-state index in [1.807, 2.05) is 0 Å². The van der Waals surface area contributed by atoms with Gasteiger partial charge >= 0.3 is 0 Å². The highest BCUT2D eigenvalue weighted by Crippen LogP contribution is 2.26. The van der Waals surface area contributed by atoms with E-state index in [2.05, 4.69) is 26.0 Å². The Morgan fingerprint density at radius 3 is 2.54 bits per heavy atom. The standard InChI is InChI=1S/C19H21BrN2O5S/c1-26-14-6-3-12(18(9-14)27-2)11-21-19(23)16-10-15(7-8-17(16)20)28(24,25)22-13-4-5-13/h3,6-10,13,22H,4-5,11H2,1-2H3,(H,21,23). The predicted molar refractivity (Wildman–Crippen MR) is 108 cm³/mol. The van der Waals surface area contributed by atoms with Gasteiger partial charge < -0.3 is 14.8 Å². The molecule has 0 spiro atoms. The highest BCUT2D eigenvalue weighted by atomic mass is 79.9. The van der Waals surface area contributed by atoms with E-state index in [9.17, 15) is 13.2 Å². The van der Waals surface area contributed by atoms with Crippen LogP contribution in [0.2, 0.25) is 0 Å². The van der Waals surface area contributed by atoms with Crippen LogP contribution >= 0.6 is 15.9 Å². The molecule has 0 aliphatic heterocycles. The lowest BCUT2D eigenvalue weighted by atomic mass is 10.1. The number of nitrogens with one attached hydrogen (secondary N) is 2. The molecule has 0 atom stereocenters. The molecule has 2 N–H and O–H groups in total. The smallest absolute Gasteiger partial charge is 0.252 e. The first-order valence-corrected chi connectivity index (χ1v) is 10.9. The van der Waals surface area contributed by atoms with Gasteiger partial charge in [-0.2, -0.15) is 0 Å². The van der Waals surface area contributed by atoms with Crippen molar-refractivity contribution >= 4 is 31.9 Å². The average Bonchev–Trinajstić information content (AvgIpc) is 3.49. The Morgan fingerprint density at radius 1 is 1.14 bits per heavy atom. The van der Waals surface area contributed by atoms with Crippen LogP contribution in [0.25, 0.3) is 0 Å². The average molecular weight is 469 g/mol. The van der Waals surface area contributed by atoms with Crippen molar-refractivity contribution in [2.45, 2.75) is 30.3 Å². The zero-order chi connectivity index (χ0) is 20.3. The Kier molecular flexibility index (Phi) is 6.26. The number of sulfonamides is 1. The Balaban J connectivity index is 1.76. The summed E-state index contributed by atoms with van der Waals surface area (Å²) in [4.78, 5) is 12.7. The van der Waals surface area contributed by atoms with Crippen LogP contribution in [0.5, 0.6) is 11.5 Å². The number of hydrogen-bond acceptors (Lipinski definition) is 5. The van der Waals surface area contributed by atoms with Gasteiger partial charge in [0.05, 0.1) is 24.7 Å². The van der Waals surface area contributed by atoms with Crippen LogP contribution in [0.15, 0.2) is 45.8 Å². The van der Waals surface area contributed by atoms with Crippen molar-refractivity contribution in [3.63, 3.8) is 0 Å². The second-order valence-corrected chi connectivity index (χ2v) is 8.97. The third-order valence-electron chi connectivity index (χ3n) is 4.33. The second-order valence-electron chi connectivity index (χ2n) is 6.40. The lowest BCUT2D eigenvalue weighted by molar-refractivity contribution is 0.0949. The van der Waals surface area contributed by atoms with Gasteiger partial charge in [0.25, 0.3) is 5.91 Å². The summed E-state index contributed by atoms with van der Waals surface area (Å²) in [5.41, 5.74) is 1.01. The molecule has 2 aromatic carbocycles. The minimum absolute atomic E-state index is 0.00606. The van der Waals surface area contributed by atoms with Gasteiger partial charge in [-0.15, -0.1) is 0 Å². The first-order chi connectivity index (χ1) is 13.3. The number of methoxy groups -OCH3 is 2. The van der Waals surface area contributed by atoms with Crippen molar-refractivity contribution in [2.24, 2.45) is 0 Å². The van der Waals surface area contributed by atoms with E-state index in [1.54, 1.807) is 31.4 Å². The molecule has 0 unspecified atom stereocenters. The summed E-state index contributed by atoms with van der Waals surface area (Å²) in [7, 11) is -0.538. The van der Waals surface area contributed by atoms with Crippen molar-refractivity contribution in [1.29, 1.82) is 0 Å². The number of rotatable bonds is 8. The molecule has 0 heterocycles. The van der Waals surface area contributed by atoms with Crippen LogP contribution in [0.1, 0.15) is 28.8 Å². The SMILES string of the molecule is COc1ccc(CNC(=O)c2cc(S(=O)(=O)NC3CC3)ccc2Br)c(OC)c1. The fourth-order valence-electron chi connectivity index (χ4n) is 2.60. The Morgan fingerprint density at radius 2 is 1.89 bits per heavy atom. The van der Waals surface area contributed by atoms with Gasteiger partial charge in [0, 0.05) is 28.7 Å². The number of benzene rings is 2. The minimum Gasteiger partial charge on any atom is -0.497 e. The maximum atomic E-state index is 12.7. The van der Waals surface area contributed by atoms with Gasteiger partial charge in [-0.25, -0.2) is 13.1 Å². The van der Waals surface area contributed by atoms with Crippen LogP contribution in [-0.2, 0) is 16.6 Å². The zero-order valence-corrected chi connectivity index (χ0v) is 17.9. The van der Waals surface area contributed by atoms with Gasteiger partial charge in [0.1, 0.15) is 11.5 Å². The summed E-state index contributed by atoms with van der Waals surface area (Å²) in [6, 6.07) is 9.70. The van der Waals surface area contributed by atoms with Crippen molar-refractivity contribution in [3.05, 3.63) is 52.0 Å². The van der Waals surface area contributed by atoms with E-state index in [1.165, 1.54) is 19.2 Å². The molecule has 1 saturated carbocycles. The van der Waals surface area contributed by atoms with Crippen LogP contribution in [0, 0.1) is 0 Å². The van der Waals surface area contributed by atoms with Crippen molar-refractivity contribution < 1.29 is 22.7 Å². The van der Waals surface area contributed by atoms with E-state index >= 15 is 0 Å². The van der Waals surface area contributed by atoms with E-state index in [-0.39, 0.29) is 23.0 Å². The molecule has 1 amide bonds. The molecule has 0 bridgehead atoms. The summed E-state index contributed by atoms with van der Waals surface area (Å²) >= 11 is 3.32. The fraction of sp³-hybridized carbons (Fsp3) is 0.316. The summed E-state index contributed by atoms with van der Waals surface area (Å²) in [6.07, 6.45) is 1.68. The molecule has 0 radical (unpaired) electrons. The fourth-order valence-corrected chi connectivity index (χ4v) is 4.36. The molecule has 9 heteroatoms. The number of halogens is 1. The molecular weight excluding hydrogens is 448 g/mol. The number of ether oxygens (including phenoxy) is 2. The molecule has 1 fully saturated rings. The molecule has 7 nitrogen and oxygen atoms in total. The summed E-state index contributed by atoms with van der Waals surface area (Å²) in [5, 5.41) is 2.80. The number of carbonyl (C=O) groups excluding carboxylic acids is 1. The Labute approximate surface area is 172 Å². The van der Waals surface area contributed by atoms with Crippen LogP contribution < -0.4 is 19.5 Å². The summed E-state index contributed by atoms with van der Waals surface area (Å²) in [6.45, 7) is 0.218. The maximum absolute atomic E-state index is 12.7. The molecule has 3 rings (SSSR count). The highest BCUT2D eigenvalue weighted by molar-refractivity contribution is 9.10. The van der Waals surface area contributed by atoms with Crippen LogP contribution in [0.3, 0.4) is 0 Å². The monoisotopic (exact) mass is 468 g/mol. The molecular formula is C19H21BrN2O5S. The van der Waals surface area contributed by atoms with Gasteiger partial charge in [0.15, 0.2) is 0 Å². The topological polar surface area (TPSA) is 93.7 Å². The number of carbonyl (C=O) groups is 1. The lowest BCUT2D eigenvalue weighted by Gasteiger charge is -2.13. The molecule has 150 valence electrons. The zero-order valence-electron chi connectivity index (χ0n) is 15.5. The predicted octanol–water partition coefficient (Wildman–Crippen LogP) is 2.84. The maximum Gasteiger partial charge on any atom is 0.252 e. The first kappa shape index (κ1) is 20.6. The van der Waals surface area contributed by atoms with Gasteiger partial charge in [0.2, 0.25) is 10.0 Å². The molecule has 28 heavy (non-hydrogen) atoms. The molecule has 2 aromatic rings. The van der Waals surface area contributed by atoms with E-state index in [0.717, 1.165) is 18.4 Å². The summed E-state index contributed by atoms with van der Waals surface area (Å²) in [5.74, 6) is 0.840. The molecule has 1 aliphatic rings. The van der Waals surface area contributed by atoms with Crippen molar-refractivity contribution in [1.82, 2.24) is 10.0 Å². The van der Waals surface area contributed by atoms with Crippen molar-refractivity contribution in [2.75, 3.05) is 14.2 Å². The molecule has 1 aliphatic carbocycles. The summed E-state index contributed by atoms with van der Waals surface area (Å²) < 4.78 is 38.4. The second kappa shape index (κ2) is 8.50. The van der Waals surface area contributed by atoms with Crippen molar-refractivity contribution in [3.8, 4) is 11.5 Å². The lowest BCUT2D eigenvalue weighted by Crippen LogP contribution is -2.27. The van der Waals surface area contributed by atoms with Crippen LogP contribution in [-0.4, -0.2) is 34.6 Å². The molecule has 0 aromatic heterocycles. The van der Waals surface area contributed by atoms with Crippen LogP contribution in [0.4, 0.5) is 0 Å². The minimum atomic E-state index is -3.64. The van der Waals surface area contributed by atoms with E-state index in [4.69, 9.17) is 9.47 Å². The first-order valence-electron chi connectivity index (χ1n) is 8.65. The van der Waals surface area contributed by atoms with Gasteiger partial charge in [-0.05, 0) is 59.1 Å². The Hall–Kier alpha value is -2.10. The third-order valence-corrected chi connectivity index (χ3v) is 6.54. The molecule has 0 saturated heterocycles. The highest BCUT2D eigenvalue weighted by Gasteiger charge is 2.28. The third kappa shape index (κ3) is 4.84. The van der Waals surface area contributed by atoms with E-state index in [0.29, 0.717) is 16.0 Å². The number of hydrogen-bond donors (Lipinski definition) is 2. The number of amides is 1. The van der Waals surface area contributed by atoms with E-state index < -0.39 is 15.9 Å². The van der Waals surface area contributed by atoms with Gasteiger partial charge in [-0.3, -0.25) is 4.79 Å².